The summed E-state index contributed by atoms with van der Waals surface area (Å²) in [6, 6.07) is 51.5. The number of imidazole rings is 1. The molecule has 220 valence electrons. The number of rotatable bonds is 9. The average Bonchev–Trinajstić information content (AvgIpc) is 3.74. The normalized spacial score (nSPS) is 14.0. The van der Waals surface area contributed by atoms with Crippen molar-refractivity contribution >= 4 is 17.0 Å². The minimum Gasteiger partial charge on any atom is -0.275 e. The van der Waals surface area contributed by atoms with Gasteiger partial charge >= 0.3 is 0 Å². The van der Waals surface area contributed by atoms with Gasteiger partial charge in [-0.05, 0) is 0 Å². The molecule has 1 aromatic heterocycles. The lowest BCUT2D eigenvalue weighted by Crippen LogP contribution is -2.31. The maximum absolute atomic E-state index is 5.68. The molecule has 5 aromatic carbocycles. The molecular formula is C42H32N4. The quantitative estimate of drug-likeness (QED) is 0.154. The molecule has 2 heterocycles. The molecule has 0 bridgehead atoms. The minimum absolute atomic E-state index is 0.740. The third-order valence-electron chi connectivity index (χ3n) is 8.07. The number of benzene rings is 5. The van der Waals surface area contributed by atoms with Gasteiger partial charge in [0.05, 0.1) is 22.8 Å². The molecule has 46 heavy (non-hydrogen) atoms. The Balaban J connectivity index is 1.68. The van der Waals surface area contributed by atoms with Crippen LogP contribution >= 0.6 is 0 Å². The van der Waals surface area contributed by atoms with Crippen LogP contribution in [0, 0.1) is 0 Å². The van der Waals surface area contributed by atoms with Gasteiger partial charge in [0.2, 0.25) is 0 Å². The van der Waals surface area contributed by atoms with Crippen molar-refractivity contribution in [2.24, 2.45) is 9.98 Å². The van der Waals surface area contributed by atoms with E-state index in [2.05, 4.69) is 78.4 Å². The van der Waals surface area contributed by atoms with Gasteiger partial charge in [0.25, 0.3) is 5.79 Å². The van der Waals surface area contributed by atoms with Crippen LogP contribution in [0.1, 0.15) is 22.4 Å². The lowest BCUT2D eigenvalue weighted by molar-refractivity contribution is 0.409. The summed E-state index contributed by atoms with van der Waals surface area (Å²) >= 11 is 0. The Labute approximate surface area is 269 Å². The zero-order valence-corrected chi connectivity index (χ0v) is 25.4. The third kappa shape index (κ3) is 5.06. The summed E-state index contributed by atoms with van der Waals surface area (Å²) in [4.78, 5) is 16.7. The molecule has 0 spiro atoms. The molecule has 0 N–H and O–H groups in total. The highest BCUT2D eigenvalue weighted by atomic mass is 15.4. The standard InChI is InChI=1S/C42H32N4/c1-3-20-31(4-2)39-40(34-25-14-7-15-26-34)46(41(43-39)35-27-16-8-17-28-35)42(36-29-18-9-19-30-36)44-37(32-21-10-5-11-22-32)38(45-42)33-23-12-6-13-24-33/h3-30H,1-2H2/b31-20+. The molecule has 0 saturated heterocycles. The zero-order valence-electron chi connectivity index (χ0n) is 25.4. The number of nitrogens with zero attached hydrogens (tertiary/aromatic N) is 4. The Bertz CT molecular complexity index is 2030. The van der Waals surface area contributed by atoms with Crippen molar-refractivity contribution in [3.63, 3.8) is 0 Å². The molecular weight excluding hydrogens is 560 g/mol. The maximum Gasteiger partial charge on any atom is 0.261 e. The first-order valence-electron chi connectivity index (χ1n) is 15.3. The molecule has 0 amide bonds. The van der Waals surface area contributed by atoms with Crippen molar-refractivity contribution in [3.05, 3.63) is 205 Å². The fourth-order valence-corrected chi connectivity index (χ4v) is 6.00. The highest BCUT2D eigenvalue weighted by molar-refractivity contribution is 6.54. The van der Waals surface area contributed by atoms with Gasteiger partial charge in [0.1, 0.15) is 5.82 Å². The fourth-order valence-electron chi connectivity index (χ4n) is 6.00. The second-order valence-electron chi connectivity index (χ2n) is 10.9. The average molecular weight is 593 g/mol. The van der Waals surface area contributed by atoms with Gasteiger partial charge in [0, 0.05) is 33.4 Å². The van der Waals surface area contributed by atoms with Crippen molar-refractivity contribution in [1.82, 2.24) is 9.55 Å². The Hall–Kier alpha value is -6.13. The SMILES string of the molecule is C=C/C=C(\C=C)c1nc(-c2ccccc2)n(C2(c3ccccc3)N=C(c3ccccc3)C(c3ccccc3)=N2)c1-c1ccccc1. The fraction of sp³-hybridized carbons (Fsp3) is 0.0238. The van der Waals surface area contributed by atoms with E-state index in [-0.39, 0.29) is 0 Å². The Morgan fingerprint density at radius 2 is 0.978 bits per heavy atom. The summed E-state index contributed by atoms with van der Waals surface area (Å²) in [5.41, 5.74) is 8.96. The van der Waals surface area contributed by atoms with E-state index in [9.17, 15) is 0 Å². The first-order valence-corrected chi connectivity index (χ1v) is 15.3. The largest absolute Gasteiger partial charge is 0.275 e. The van der Waals surface area contributed by atoms with E-state index in [1.54, 1.807) is 6.08 Å². The van der Waals surface area contributed by atoms with Crippen molar-refractivity contribution < 1.29 is 0 Å². The van der Waals surface area contributed by atoms with E-state index < -0.39 is 5.79 Å². The van der Waals surface area contributed by atoms with Gasteiger partial charge in [-0.2, -0.15) is 0 Å². The summed E-state index contributed by atoms with van der Waals surface area (Å²) in [5, 5.41) is 0. The van der Waals surface area contributed by atoms with E-state index in [0.29, 0.717) is 0 Å². The molecule has 0 saturated carbocycles. The molecule has 0 unspecified atom stereocenters. The molecule has 0 fully saturated rings. The summed E-state index contributed by atoms with van der Waals surface area (Å²) in [7, 11) is 0. The molecule has 4 heteroatoms. The highest BCUT2D eigenvalue weighted by Gasteiger charge is 2.45. The van der Waals surface area contributed by atoms with Gasteiger partial charge in [-0.1, -0.05) is 183 Å². The Kier molecular flexibility index (Phi) is 7.76. The molecule has 7 rings (SSSR count). The second-order valence-corrected chi connectivity index (χ2v) is 10.9. The van der Waals surface area contributed by atoms with Gasteiger partial charge < -0.3 is 0 Å². The van der Waals surface area contributed by atoms with Crippen LogP contribution in [0.25, 0.3) is 28.2 Å². The molecule has 0 aliphatic carbocycles. The van der Waals surface area contributed by atoms with Crippen LogP contribution in [0.2, 0.25) is 0 Å². The maximum atomic E-state index is 5.68. The molecule has 4 nitrogen and oxygen atoms in total. The minimum atomic E-state index is -1.24. The van der Waals surface area contributed by atoms with Crippen molar-refractivity contribution in [1.29, 1.82) is 0 Å². The summed E-state index contributed by atoms with van der Waals surface area (Å²) in [5.74, 6) is -0.496. The molecule has 6 aromatic rings. The lowest BCUT2D eigenvalue weighted by atomic mass is 10.0. The van der Waals surface area contributed by atoms with Crippen LogP contribution in [-0.4, -0.2) is 21.0 Å². The third-order valence-corrected chi connectivity index (χ3v) is 8.07. The smallest absolute Gasteiger partial charge is 0.261 e. The summed E-state index contributed by atoms with van der Waals surface area (Å²) < 4.78 is 2.21. The number of aromatic nitrogens is 2. The molecule has 1 aliphatic rings. The number of allylic oxidation sites excluding steroid dienone is 4. The first-order chi connectivity index (χ1) is 22.7. The van der Waals surface area contributed by atoms with Crippen LogP contribution in [-0.2, 0) is 5.79 Å². The van der Waals surface area contributed by atoms with E-state index in [4.69, 9.17) is 15.0 Å². The van der Waals surface area contributed by atoms with Gasteiger partial charge in [-0.15, -0.1) is 0 Å². The second kappa shape index (κ2) is 12.5. The van der Waals surface area contributed by atoms with Crippen LogP contribution < -0.4 is 0 Å². The van der Waals surface area contributed by atoms with Crippen LogP contribution in [0.3, 0.4) is 0 Å². The number of hydrogen-bond acceptors (Lipinski definition) is 3. The van der Waals surface area contributed by atoms with Crippen LogP contribution in [0.15, 0.2) is 193 Å². The number of aliphatic imine (C=N–C) groups is 2. The Morgan fingerprint density at radius 1 is 0.543 bits per heavy atom. The van der Waals surface area contributed by atoms with Crippen molar-refractivity contribution in [3.8, 4) is 22.6 Å². The summed E-state index contributed by atoms with van der Waals surface area (Å²) in [6.45, 7) is 8.15. The lowest BCUT2D eigenvalue weighted by Gasteiger charge is -2.30. The highest BCUT2D eigenvalue weighted by Crippen LogP contribution is 2.45. The van der Waals surface area contributed by atoms with Crippen molar-refractivity contribution in [2.75, 3.05) is 0 Å². The summed E-state index contributed by atoms with van der Waals surface area (Å²) in [6.07, 6.45) is 5.55. The molecule has 0 radical (unpaired) electrons. The van der Waals surface area contributed by atoms with E-state index >= 15 is 0 Å². The Morgan fingerprint density at radius 3 is 1.43 bits per heavy atom. The predicted molar refractivity (Wildman–Crippen MR) is 191 cm³/mol. The van der Waals surface area contributed by atoms with E-state index in [1.165, 1.54) is 0 Å². The molecule has 1 aliphatic heterocycles. The zero-order chi connectivity index (χ0) is 31.3. The first kappa shape index (κ1) is 28.6. The van der Waals surface area contributed by atoms with E-state index in [0.717, 1.165) is 62.0 Å². The molecule has 0 atom stereocenters. The topological polar surface area (TPSA) is 42.5 Å². The van der Waals surface area contributed by atoms with Gasteiger partial charge in [-0.3, -0.25) is 4.57 Å². The van der Waals surface area contributed by atoms with E-state index in [1.807, 2.05) is 103 Å². The predicted octanol–water partition coefficient (Wildman–Crippen LogP) is 9.62. The van der Waals surface area contributed by atoms with Crippen molar-refractivity contribution in [2.45, 2.75) is 5.79 Å². The van der Waals surface area contributed by atoms with Gasteiger partial charge in [-0.25, -0.2) is 15.0 Å². The van der Waals surface area contributed by atoms with Crippen LogP contribution in [0.4, 0.5) is 0 Å². The number of hydrogen-bond donors (Lipinski definition) is 0. The monoisotopic (exact) mass is 592 g/mol. The van der Waals surface area contributed by atoms with Gasteiger partial charge in [0.15, 0.2) is 0 Å². The van der Waals surface area contributed by atoms with Crippen LogP contribution in [0.5, 0.6) is 0 Å².